The number of anilines is 1. The molecule has 0 aliphatic rings. The van der Waals surface area contributed by atoms with Crippen LogP contribution in [0.5, 0.6) is 0 Å². The van der Waals surface area contributed by atoms with E-state index in [9.17, 15) is 4.79 Å². The van der Waals surface area contributed by atoms with Gasteiger partial charge in [-0.3, -0.25) is 9.13 Å². The van der Waals surface area contributed by atoms with Crippen molar-refractivity contribution in [3.05, 3.63) is 46.8 Å². The molecule has 1 N–H and O–H groups in total. The zero-order chi connectivity index (χ0) is 13.1. The monoisotopic (exact) mass is 246 g/mol. The van der Waals surface area contributed by atoms with Gasteiger partial charge in [0, 0.05) is 31.7 Å². The van der Waals surface area contributed by atoms with Crippen LogP contribution in [0.15, 0.2) is 35.5 Å². The van der Waals surface area contributed by atoms with Gasteiger partial charge in [-0.2, -0.15) is 0 Å². The van der Waals surface area contributed by atoms with Gasteiger partial charge in [-0.15, -0.1) is 0 Å². The van der Waals surface area contributed by atoms with Crippen LogP contribution >= 0.6 is 0 Å². The van der Waals surface area contributed by atoms with E-state index in [1.807, 2.05) is 45.4 Å². The van der Waals surface area contributed by atoms with Gasteiger partial charge in [0.25, 0.3) is 0 Å². The van der Waals surface area contributed by atoms with Crippen LogP contribution in [0.25, 0.3) is 0 Å². The summed E-state index contributed by atoms with van der Waals surface area (Å²) in [6.07, 6.45) is 5.42. The molecule has 0 saturated heterocycles. The number of pyridine rings is 1. The molecule has 0 atom stereocenters. The van der Waals surface area contributed by atoms with E-state index in [-0.39, 0.29) is 11.7 Å². The fourth-order valence-electron chi connectivity index (χ4n) is 1.80. The quantitative estimate of drug-likeness (QED) is 0.893. The number of aromatic nitrogens is 3. The minimum Gasteiger partial charge on any atom is -0.373 e. The fourth-order valence-corrected chi connectivity index (χ4v) is 1.80. The molecule has 0 aliphatic heterocycles. The average Bonchev–Trinajstić information content (AvgIpc) is 2.72. The van der Waals surface area contributed by atoms with E-state index in [1.165, 1.54) is 0 Å². The van der Waals surface area contributed by atoms with Crippen molar-refractivity contribution >= 4 is 5.82 Å². The first-order chi connectivity index (χ1) is 8.61. The van der Waals surface area contributed by atoms with Gasteiger partial charge < -0.3 is 5.32 Å². The summed E-state index contributed by atoms with van der Waals surface area (Å²) in [5.74, 6) is 0.825. The van der Waals surface area contributed by atoms with Gasteiger partial charge in [0.15, 0.2) is 0 Å². The molecular weight excluding hydrogens is 228 g/mol. The molecule has 96 valence electrons. The SMILES string of the molecule is CNc1ccc(Cn2ccn(C(C)C)c2=O)cn1. The Balaban J connectivity index is 2.21. The lowest BCUT2D eigenvalue weighted by molar-refractivity contribution is 0.561. The number of imidazole rings is 1. The van der Waals surface area contributed by atoms with Crippen molar-refractivity contribution in [2.24, 2.45) is 0 Å². The molecule has 0 fully saturated rings. The molecule has 2 heterocycles. The smallest absolute Gasteiger partial charge is 0.328 e. The van der Waals surface area contributed by atoms with E-state index in [4.69, 9.17) is 0 Å². The predicted molar refractivity (Wildman–Crippen MR) is 72.0 cm³/mol. The Labute approximate surface area is 106 Å². The highest BCUT2D eigenvalue weighted by Gasteiger charge is 2.06. The van der Waals surface area contributed by atoms with E-state index >= 15 is 0 Å². The van der Waals surface area contributed by atoms with E-state index in [0.717, 1.165) is 11.4 Å². The molecule has 0 amide bonds. The van der Waals surface area contributed by atoms with E-state index < -0.39 is 0 Å². The van der Waals surface area contributed by atoms with Gasteiger partial charge in [0.05, 0.1) is 6.54 Å². The van der Waals surface area contributed by atoms with Gasteiger partial charge in [0.2, 0.25) is 0 Å². The zero-order valence-corrected chi connectivity index (χ0v) is 10.9. The third kappa shape index (κ3) is 2.45. The van der Waals surface area contributed by atoms with Gasteiger partial charge in [-0.05, 0) is 25.5 Å². The van der Waals surface area contributed by atoms with E-state index in [1.54, 1.807) is 15.3 Å². The number of nitrogens with zero attached hydrogens (tertiary/aromatic N) is 3. The first-order valence-corrected chi connectivity index (χ1v) is 6.01. The minimum absolute atomic E-state index is 0.0164. The summed E-state index contributed by atoms with van der Waals surface area (Å²) in [6, 6.07) is 4.06. The molecule has 2 aromatic heterocycles. The van der Waals surface area contributed by atoms with Crippen molar-refractivity contribution in [3.8, 4) is 0 Å². The summed E-state index contributed by atoms with van der Waals surface area (Å²) in [7, 11) is 1.83. The number of rotatable bonds is 4. The van der Waals surface area contributed by atoms with Crippen molar-refractivity contribution in [2.45, 2.75) is 26.4 Å². The largest absolute Gasteiger partial charge is 0.373 e. The third-order valence-electron chi connectivity index (χ3n) is 2.86. The Morgan fingerprint density at radius 3 is 2.61 bits per heavy atom. The molecule has 5 nitrogen and oxygen atoms in total. The molecule has 0 aliphatic carbocycles. The maximum Gasteiger partial charge on any atom is 0.328 e. The summed E-state index contributed by atoms with van der Waals surface area (Å²) < 4.78 is 3.41. The summed E-state index contributed by atoms with van der Waals surface area (Å²) in [5.41, 5.74) is 1.03. The summed E-state index contributed by atoms with van der Waals surface area (Å²) in [6.45, 7) is 4.54. The lowest BCUT2D eigenvalue weighted by Gasteiger charge is -2.05. The molecule has 0 spiro atoms. The highest BCUT2D eigenvalue weighted by molar-refractivity contribution is 5.34. The Morgan fingerprint density at radius 2 is 2.11 bits per heavy atom. The first kappa shape index (κ1) is 12.4. The van der Waals surface area contributed by atoms with Crippen LogP contribution in [0.4, 0.5) is 5.82 Å². The fraction of sp³-hybridized carbons (Fsp3) is 0.385. The Hall–Kier alpha value is -2.04. The van der Waals surface area contributed by atoms with Gasteiger partial charge in [-0.1, -0.05) is 6.07 Å². The average molecular weight is 246 g/mol. The van der Waals surface area contributed by atoms with Crippen LogP contribution in [-0.4, -0.2) is 21.2 Å². The maximum absolute atomic E-state index is 12.0. The lowest BCUT2D eigenvalue weighted by Crippen LogP contribution is -2.25. The molecule has 0 radical (unpaired) electrons. The van der Waals surface area contributed by atoms with Crippen LogP contribution in [0.2, 0.25) is 0 Å². The topological polar surface area (TPSA) is 51.9 Å². The normalized spacial score (nSPS) is 10.9. The highest BCUT2D eigenvalue weighted by Crippen LogP contribution is 2.06. The molecule has 0 bridgehead atoms. The summed E-state index contributed by atoms with van der Waals surface area (Å²) >= 11 is 0. The number of nitrogens with one attached hydrogen (secondary N) is 1. The number of hydrogen-bond donors (Lipinski definition) is 1. The zero-order valence-electron chi connectivity index (χ0n) is 10.9. The van der Waals surface area contributed by atoms with E-state index in [0.29, 0.717) is 6.54 Å². The molecule has 5 heteroatoms. The molecule has 0 saturated carbocycles. The predicted octanol–water partition coefficient (Wildman–Crippen LogP) is 1.72. The standard InChI is InChI=1S/C13H18N4O/c1-10(2)17-7-6-16(13(17)18)9-11-4-5-12(14-3)15-8-11/h4-8,10H,9H2,1-3H3,(H,14,15). The highest BCUT2D eigenvalue weighted by atomic mass is 16.1. The van der Waals surface area contributed by atoms with Crippen molar-refractivity contribution in [3.63, 3.8) is 0 Å². The molecule has 0 aromatic carbocycles. The van der Waals surface area contributed by atoms with Crippen molar-refractivity contribution in [1.82, 2.24) is 14.1 Å². The van der Waals surface area contributed by atoms with Crippen LogP contribution in [0, 0.1) is 0 Å². The number of hydrogen-bond acceptors (Lipinski definition) is 3. The minimum atomic E-state index is 0.0164. The summed E-state index contributed by atoms with van der Waals surface area (Å²) in [4.78, 5) is 16.3. The van der Waals surface area contributed by atoms with Crippen molar-refractivity contribution < 1.29 is 0 Å². The lowest BCUT2D eigenvalue weighted by atomic mass is 10.3. The second-order valence-electron chi connectivity index (χ2n) is 4.51. The van der Waals surface area contributed by atoms with Gasteiger partial charge >= 0.3 is 5.69 Å². The van der Waals surface area contributed by atoms with Crippen molar-refractivity contribution in [2.75, 3.05) is 12.4 Å². The van der Waals surface area contributed by atoms with Gasteiger partial charge in [-0.25, -0.2) is 9.78 Å². The molecule has 2 rings (SSSR count). The van der Waals surface area contributed by atoms with Crippen molar-refractivity contribution in [1.29, 1.82) is 0 Å². The summed E-state index contributed by atoms with van der Waals surface area (Å²) in [5, 5.41) is 2.96. The van der Waals surface area contributed by atoms with E-state index in [2.05, 4.69) is 10.3 Å². The second kappa shape index (κ2) is 5.08. The van der Waals surface area contributed by atoms with Crippen LogP contribution in [0.1, 0.15) is 25.5 Å². The van der Waals surface area contributed by atoms with Gasteiger partial charge in [0.1, 0.15) is 5.82 Å². The Kier molecular flexibility index (Phi) is 3.50. The molecular formula is C13H18N4O. The molecule has 18 heavy (non-hydrogen) atoms. The second-order valence-corrected chi connectivity index (χ2v) is 4.51. The first-order valence-electron chi connectivity index (χ1n) is 6.01. The Bertz CT molecular complexity index is 565. The van der Waals surface area contributed by atoms with Crippen LogP contribution in [-0.2, 0) is 6.54 Å². The maximum atomic E-state index is 12.0. The van der Waals surface area contributed by atoms with Crippen LogP contribution in [0.3, 0.4) is 0 Å². The molecule has 2 aromatic rings. The van der Waals surface area contributed by atoms with Crippen LogP contribution < -0.4 is 11.0 Å². The molecule has 0 unspecified atom stereocenters. The third-order valence-corrected chi connectivity index (χ3v) is 2.86. The Morgan fingerprint density at radius 1 is 1.33 bits per heavy atom.